The number of esters is 1. The number of hydrogen-bond donors (Lipinski definition) is 0. The van der Waals surface area contributed by atoms with E-state index in [1.165, 1.54) is 25.5 Å². The smallest absolute Gasteiger partial charge is 0.340 e. The zero-order valence-corrected chi connectivity index (χ0v) is 16.3. The maximum atomic E-state index is 12.9. The fraction of sp³-hybridized carbons (Fsp3) is 0.478. The topological polar surface area (TPSA) is 42.4 Å². The van der Waals surface area contributed by atoms with Gasteiger partial charge < -0.3 is 9.64 Å². The van der Waals surface area contributed by atoms with E-state index in [4.69, 9.17) is 9.72 Å². The molecule has 4 nitrogen and oxygen atoms in total. The van der Waals surface area contributed by atoms with Crippen molar-refractivity contribution in [2.75, 3.05) is 25.1 Å². The molecule has 1 aromatic heterocycles. The maximum absolute atomic E-state index is 12.9. The molecule has 0 spiro atoms. The van der Waals surface area contributed by atoms with Crippen LogP contribution in [0.25, 0.3) is 11.1 Å². The van der Waals surface area contributed by atoms with Gasteiger partial charge in [-0.05, 0) is 38.2 Å². The van der Waals surface area contributed by atoms with Gasteiger partial charge in [0.25, 0.3) is 0 Å². The lowest BCUT2D eigenvalue weighted by molar-refractivity contribution is 0.0599. The first-order valence-electron chi connectivity index (χ1n) is 10.2. The van der Waals surface area contributed by atoms with Crippen LogP contribution in [-0.2, 0) is 11.2 Å². The van der Waals surface area contributed by atoms with Crippen molar-refractivity contribution in [3.05, 3.63) is 47.2 Å². The Labute approximate surface area is 161 Å². The van der Waals surface area contributed by atoms with Crippen LogP contribution >= 0.6 is 0 Å². The number of hydrogen-bond acceptors (Lipinski definition) is 4. The van der Waals surface area contributed by atoms with Crippen LogP contribution in [0.1, 0.15) is 66.6 Å². The fourth-order valence-electron chi connectivity index (χ4n) is 4.71. The average molecular weight is 364 g/mol. The molecule has 0 saturated heterocycles. The summed E-state index contributed by atoms with van der Waals surface area (Å²) in [6.45, 7) is 4.16. The lowest BCUT2D eigenvalue weighted by atomic mass is 9.86. The molecular weight excluding hydrogens is 336 g/mol. The normalized spacial score (nSPS) is 17.0. The molecule has 1 aliphatic carbocycles. The van der Waals surface area contributed by atoms with E-state index in [-0.39, 0.29) is 5.97 Å². The Bertz CT molecular complexity index is 826. The number of fused-ring (bicyclic) bond motifs is 1. The Kier molecular flexibility index (Phi) is 5.15. The second kappa shape index (κ2) is 7.71. The summed E-state index contributed by atoms with van der Waals surface area (Å²) in [6, 6.07) is 10.3. The SMILES string of the molecule is CCN1CCCc2c1nc(C1CCCC1)c(C(=O)OC)c2-c1ccccc1. The van der Waals surface area contributed by atoms with Gasteiger partial charge in [-0.25, -0.2) is 9.78 Å². The summed E-state index contributed by atoms with van der Waals surface area (Å²) in [4.78, 5) is 20.4. The molecule has 2 heterocycles. The van der Waals surface area contributed by atoms with Crippen molar-refractivity contribution >= 4 is 11.8 Å². The monoisotopic (exact) mass is 364 g/mol. The highest BCUT2D eigenvalue weighted by molar-refractivity contribution is 6.00. The van der Waals surface area contributed by atoms with Crippen LogP contribution in [0.4, 0.5) is 5.82 Å². The number of methoxy groups -OCH3 is 1. The Morgan fingerprint density at radius 3 is 2.59 bits per heavy atom. The summed E-state index contributed by atoms with van der Waals surface area (Å²) < 4.78 is 5.25. The molecule has 142 valence electrons. The second-order valence-electron chi connectivity index (χ2n) is 7.57. The van der Waals surface area contributed by atoms with Gasteiger partial charge in [-0.1, -0.05) is 43.2 Å². The number of anilines is 1. The van der Waals surface area contributed by atoms with Gasteiger partial charge in [-0.15, -0.1) is 0 Å². The van der Waals surface area contributed by atoms with Crippen molar-refractivity contribution in [2.24, 2.45) is 0 Å². The van der Waals surface area contributed by atoms with Crippen molar-refractivity contribution in [1.29, 1.82) is 0 Å². The minimum atomic E-state index is -0.250. The molecule has 0 N–H and O–H groups in total. The Hall–Kier alpha value is -2.36. The number of aromatic nitrogens is 1. The molecule has 1 aromatic carbocycles. The molecular formula is C23H28N2O2. The summed E-state index contributed by atoms with van der Waals surface area (Å²) in [5.41, 5.74) is 5.00. The third-order valence-electron chi connectivity index (χ3n) is 6.03. The van der Waals surface area contributed by atoms with Gasteiger partial charge in [0, 0.05) is 30.1 Å². The standard InChI is InChI=1S/C23H28N2O2/c1-3-25-15-9-14-18-19(16-10-5-4-6-11-16)20(23(26)27-2)21(24-22(18)25)17-12-7-8-13-17/h4-6,10-11,17H,3,7-9,12-15H2,1-2H3. The van der Waals surface area contributed by atoms with Crippen molar-refractivity contribution in [1.82, 2.24) is 4.98 Å². The highest BCUT2D eigenvalue weighted by Crippen LogP contribution is 2.43. The van der Waals surface area contributed by atoms with E-state index in [1.54, 1.807) is 0 Å². The second-order valence-corrected chi connectivity index (χ2v) is 7.57. The number of carbonyl (C=O) groups is 1. The molecule has 4 rings (SSSR count). The van der Waals surface area contributed by atoms with Crippen LogP contribution in [-0.4, -0.2) is 31.2 Å². The first kappa shape index (κ1) is 18.0. The lowest BCUT2D eigenvalue weighted by Gasteiger charge is -2.33. The van der Waals surface area contributed by atoms with Crippen LogP contribution in [0.3, 0.4) is 0 Å². The predicted molar refractivity (Wildman–Crippen MR) is 108 cm³/mol. The molecule has 0 unspecified atom stereocenters. The molecule has 27 heavy (non-hydrogen) atoms. The van der Waals surface area contributed by atoms with Crippen molar-refractivity contribution in [3.8, 4) is 11.1 Å². The van der Waals surface area contributed by atoms with Crippen molar-refractivity contribution < 1.29 is 9.53 Å². The molecule has 0 bridgehead atoms. The van der Waals surface area contributed by atoms with E-state index >= 15 is 0 Å². The zero-order chi connectivity index (χ0) is 18.8. The van der Waals surface area contributed by atoms with Gasteiger partial charge in [0.1, 0.15) is 5.82 Å². The van der Waals surface area contributed by atoms with Gasteiger partial charge >= 0.3 is 5.97 Å². The molecule has 1 aliphatic heterocycles. The quantitative estimate of drug-likeness (QED) is 0.719. The number of pyridine rings is 1. The third-order valence-corrected chi connectivity index (χ3v) is 6.03. The number of ether oxygens (including phenoxy) is 1. The van der Waals surface area contributed by atoms with Gasteiger partial charge in [0.05, 0.1) is 18.4 Å². The van der Waals surface area contributed by atoms with Gasteiger partial charge in [-0.2, -0.15) is 0 Å². The van der Waals surface area contributed by atoms with E-state index in [0.717, 1.165) is 61.4 Å². The maximum Gasteiger partial charge on any atom is 0.340 e. The predicted octanol–water partition coefficient (Wildman–Crippen LogP) is 4.97. The van der Waals surface area contributed by atoms with Crippen LogP contribution in [0.5, 0.6) is 0 Å². The van der Waals surface area contributed by atoms with E-state index < -0.39 is 0 Å². The Balaban J connectivity index is 2.03. The molecule has 2 aromatic rings. The van der Waals surface area contributed by atoms with E-state index in [9.17, 15) is 4.79 Å². The van der Waals surface area contributed by atoms with Crippen LogP contribution in [0.2, 0.25) is 0 Å². The van der Waals surface area contributed by atoms with E-state index in [1.807, 2.05) is 18.2 Å². The molecule has 4 heteroatoms. The number of nitrogens with zero attached hydrogens (tertiary/aromatic N) is 2. The molecule has 0 radical (unpaired) electrons. The minimum Gasteiger partial charge on any atom is -0.465 e. The Morgan fingerprint density at radius 1 is 1.19 bits per heavy atom. The number of rotatable bonds is 4. The highest BCUT2D eigenvalue weighted by Gasteiger charge is 2.33. The molecule has 0 atom stereocenters. The number of carbonyl (C=O) groups excluding carboxylic acids is 1. The van der Waals surface area contributed by atoms with E-state index in [0.29, 0.717) is 11.5 Å². The average Bonchev–Trinajstić information content (AvgIpc) is 3.26. The van der Waals surface area contributed by atoms with Gasteiger partial charge in [-0.3, -0.25) is 0 Å². The third kappa shape index (κ3) is 3.22. The fourth-order valence-corrected chi connectivity index (χ4v) is 4.71. The first-order valence-corrected chi connectivity index (χ1v) is 10.2. The molecule has 2 aliphatic rings. The van der Waals surface area contributed by atoms with E-state index in [2.05, 4.69) is 24.0 Å². The van der Waals surface area contributed by atoms with Gasteiger partial charge in [0.15, 0.2) is 0 Å². The lowest BCUT2D eigenvalue weighted by Crippen LogP contribution is -2.32. The van der Waals surface area contributed by atoms with Crippen LogP contribution < -0.4 is 4.90 Å². The minimum absolute atomic E-state index is 0.250. The number of benzene rings is 1. The van der Waals surface area contributed by atoms with Crippen LogP contribution in [0.15, 0.2) is 30.3 Å². The molecule has 1 saturated carbocycles. The van der Waals surface area contributed by atoms with Crippen molar-refractivity contribution in [3.63, 3.8) is 0 Å². The highest BCUT2D eigenvalue weighted by atomic mass is 16.5. The summed E-state index contributed by atoms with van der Waals surface area (Å²) in [6.07, 6.45) is 6.68. The van der Waals surface area contributed by atoms with Crippen LogP contribution in [0, 0.1) is 0 Å². The molecule has 1 fully saturated rings. The molecule has 0 amide bonds. The largest absolute Gasteiger partial charge is 0.465 e. The zero-order valence-electron chi connectivity index (χ0n) is 16.3. The summed E-state index contributed by atoms with van der Waals surface area (Å²) >= 11 is 0. The first-order chi connectivity index (χ1) is 13.2. The van der Waals surface area contributed by atoms with Gasteiger partial charge in [0.2, 0.25) is 0 Å². The Morgan fingerprint density at radius 2 is 1.93 bits per heavy atom. The summed E-state index contributed by atoms with van der Waals surface area (Å²) in [7, 11) is 1.48. The summed E-state index contributed by atoms with van der Waals surface area (Å²) in [5.74, 6) is 1.18. The summed E-state index contributed by atoms with van der Waals surface area (Å²) in [5, 5.41) is 0. The van der Waals surface area contributed by atoms with Crippen molar-refractivity contribution in [2.45, 2.75) is 51.4 Å².